The number of carboxylic acid groups (broad SMARTS) is 2. The Hall–Kier alpha value is -2.61. The SMILES string of the molecule is NC(N)=NCCC[C@H](NC(C(=O)O)c1ccccc1)C(=O)O. The van der Waals surface area contributed by atoms with Crippen LogP contribution in [0.2, 0.25) is 0 Å². The molecule has 0 saturated carbocycles. The van der Waals surface area contributed by atoms with Gasteiger partial charge in [0, 0.05) is 6.54 Å². The molecule has 0 spiro atoms. The van der Waals surface area contributed by atoms with Crippen LogP contribution in [-0.2, 0) is 9.59 Å². The fourth-order valence-corrected chi connectivity index (χ4v) is 1.94. The highest BCUT2D eigenvalue weighted by Gasteiger charge is 2.26. The highest BCUT2D eigenvalue weighted by Crippen LogP contribution is 2.15. The van der Waals surface area contributed by atoms with Crippen molar-refractivity contribution in [1.29, 1.82) is 0 Å². The van der Waals surface area contributed by atoms with Gasteiger partial charge in [-0.25, -0.2) is 0 Å². The average molecular weight is 308 g/mol. The van der Waals surface area contributed by atoms with Gasteiger partial charge in [-0.15, -0.1) is 0 Å². The van der Waals surface area contributed by atoms with E-state index in [1.54, 1.807) is 30.3 Å². The van der Waals surface area contributed by atoms with Gasteiger partial charge in [0.1, 0.15) is 12.1 Å². The molecular formula is C14H20N4O4. The van der Waals surface area contributed by atoms with E-state index in [9.17, 15) is 19.8 Å². The third kappa shape index (κ3) is 5.80. The van der Waals surface area contributed by atoms with Gasteiger partial charge in [-0.2, -0.15) is 0 Å². The van der Waals surface area contributed by atoms with Gasteiger partial charge in [0.2, 0.25) is 0 Å². The normalized spacial score (nSPS) is 13.1. The van der Waals surface area contributed by atoms with Crippen LogP contribution in [0.25, 0.3) is 0 Å². The smallest absolute Gasteiger partial charge is 0.325 e. The van der Waals surface area contributed by atoms with Crippen LogP contribution in [0.3, 0.4) is 0 Å². The molecule has 22 heavy (non-hydrogen) atoms. The molecule has 1 aromatic carbocycles. The van der Waals surface area contributed by atoms with E-state index in [0.717, 1.165) is 0 Å². The topological polar surface area (TPSA) is 151 Å². The number of nitrogens with zero attached hydrogens (tertiary/aromatic N) is 1. The zero-order chi connectivity index (χ0) is 16.5. The van der Waals surface area contributed by atoms with Crippen LogP contribution >= 0.6 is 0 Å². The summed E-state index contributed by atoms with van der Waals surface area (Å²) in [5.41, 5.74) is 10.9. The van der Waals surface area contributed by atoms with Gasteiger partial charge in [-0.05, 0) is 18.4 Å². The Morgan fingerprint density at radius 3 is 2.27 bits per heavy atom. The molecule has 7 N–H and O–H groups in total. The van der Waals surface area contributed by atoms with Crippen LogP contribution in [0.15, 0.2) is 35.3 Å². The number of rotatable bonds is 9. The Labute approximate surface area is 127 Å². The second kappa shape index (κ2) is 8.63. The van der Waals surface area contributed by atoms with E-state index in [-0.39, 0.29) is 18.9 Å². The zero-order valence-corrected chi connectivity index (χ0v) is 12.0. The van der Waals surface area contributed by atoms with Gasteiger partial charge in [-0.3, -0.25) is 19.9 Å². The summed E-state index contributed by atoms with van der Waals surface area (Å²) in [4.78, 5) is 26.4. The molecule has 0 aliphatic rings. The summed E-state index contributed by atoms with van der Waals surface area (Å²) in [5.74, 6) is -2.32. The summed E-state index contributed by atoms with van der Waals surface area (Å²) < 4.78 is 0. The maximum absolute atomic E-state index is 11.4. The number of hydrogen-bond donors (Lipinski definition) is 5. The maximum Gasteiger partial charge on any atom is 0.325 e. The molecular weight excluding hydrogens is 288 g/mol. The first-order valence-corrected chi connectivity index (χ1v) is 6.73. The van der Waals surface area contributed by atoms with E-state index >= 15 is 0 Å². The Morgan fingerprint density at radius 2 is 1.77 bits per heavy atom. The van der Waals surface area contributed by atoms with Crippen molar-refractivity contribution in [3.8, 4) is 0 Å². The van der Waals surface area contributed by atoms with Crippen LogP contribution in [-0.4, -0.2) is 40.7 Å². The van der Waals surface area contributed by atoms with Crippen molar-refractivity contribution in [3.05, 3.63) is 35.9 Å². The van der Waals surface area contributed by atoms with Crippen molar-refractivity contribution in [2.24, 2.45) is 16.5 Å². The largest absolute Gasteiger partial charge is 0.480 e. The number of benzene rings is 1. The molecule has 0 radical (unpaired) electrons. The van der Waals surface area contributed by atoms with Crippen LogP contribution < -0.4 is 16.8 Å². The highest BCUT2D eigenvalue weighted by molar-refractivity contribution is 5.78. The number of carbonyl (C=O) groups is 2. The summed E-state index contributed by atoms with van der Waals surface area (Å²) in [6.45, 7) is 0.289. The average Bonchev–Trinajstić information content (AvgIpc) is 2.46. The van der Waals surface area contributed by atoms with Gasteiger partial charge >= 0.3 is 11.9 Å². The predicted octanol–water partition coefficient (Wildman–Crippen LogP) is -0.0913. The van der Waals surface area contributed by atoms with E-state index in [1.807, 2.05) is 0 Å². The fourth-order valence-electron chi connectivity index (χ4n) is 1.94. The Morgan fingerprint density at radius 1 is 1.14 bits per heavy atom. The first-order chi connectivity index (χ1) is 10.4. The molecule has 0 saturated heterocycles. The first-order valence-electron chi connectivity index (χ1n) is 6.73. The summed E-state index contributed by atoms with van der Waals surface area (Å²) in [6, 6.07) is 6.31. The van der Waals surface area contributed by atoms with E-state index in [0.29, 0.717) is 12.0 Å². The minimum absolute atomic E-state index is 0.0625. The lowest BCUT2D eigenvalue weighted by molar-refractivity contribution is -0.142. The van der Waals surface area contributed by atoms with Crippen molar-refractivity contribution >= 4 is 17.9 Å². The van der Waals surface area contributed by atoms with Crippen molar-refractivity contribution in [3.63, 3.8) is 0 Å². The van der Waals surface area contributed by atoms with E-state index in [2.05, 4.69) is 10.3 Å². The number of carboxylic acids is 2. The third-order valence-electron chi connectivity index (χ3n) is 2.99. The molecule has 1 unspecified atom stereocenters. The maximum atomic E-state index is 11.4. The van der Waals surface area contributed by atoms with Crippen molar-refractivity contribution in [1.82, 2.24) is 5.32 Å². The highest BCUT2D eigenvalue weighted by atomic mass is 16.4. The lowest BCUT2D eigenvalue weighted by atomic mass is 10.0. The zero-order valence-electron chi connectivity index (χ0n) is 12.0. The minimum Gasteiger partial charge on any atom is -0.480 e. The number of hydrogen-bond acceptors (Lipinski definition) is 4. The summed E-state index contributed by atoms with van der Waals surface area (Å²) in [6.07, 6.45) is 0.631. The number of guanidine groups is 1. The molecule has 8 nitrogen and oxygen atoms in total. The fraction of sp³-hybridized carbons (Fsp3) is 0.357. The molecule has 0 heterocycles. The van der Waals surface area contributed by atoms with Crippen LogP contribution in [0.4, 0.5) is 0 Å². The second-order valence-electron chi connectivity index (χ2n) is 4.69. The molecule has 2 atom stereocenters. The summed E-state index contributed by atoms with van der Waals surface area (Å²) >= 11 is 0. The van der Waals surface area contributed by atoms with Crippen LogP contribution in [0.1, 0.15) is 24.4 Å². The Bertz CT molecular complexity index is 529. The van der Waals surface area contributed by atoms with Crippen molar-refractivity contribution in [2.75, 3.05) is 6.54 Å². The van der Waals surface area contributed by atoms with Gasteiger partial charge in [-0.1, -0.05) is 30.3 Å². The molecule has 0 amide bonds. The van der Waals surface area contributed by atoms with Gasteiger partial charge in [0.05, 0.1) is 0 Å². The van der Waals surface area contributed by atoms with Crippen LogP contribution in [0.5, 0.6) is 0 Å². The van der Waals surface area contributed by atoms with E-state index < -0.39 is 24.0 Å². The van der Waals surface area contributed by atoms with Gasteiger partial charge in [0.25, 0.3) is 0 Å². The molecule has 120 valence electrons. The molecule has 0 bridgehead atoms. The van der Waals surface area contributed by atoms with E-state index in [1.165, 1.54) is 0 Å². The first kappa shape index (κ1) is 17.4. The standard InChI is InChI=1S/C14H20N4O4/c15-14(16)17-8-4-7-10(12(19)20)18-11(13(21)22)9-5-2-1-3-6-9/h1-3,5-6,10-11,18H,4,7-8H2,(H,19,20)(H,21,22)(H4,15,16,17)/t10-,11?/m0/s1. The monoisotopic (exact) mass is 308 g/mol. The lowest BCUT2D eigenvalue weighted by Crippen LogP contribution is -2.42. The molecule has 0 aliphatic heterocycles. The lowest BCUT2D eigenvalue weighted by Gasteiger charge is -2.20. The Kier molecular flexibility index (Phi) is 6.84. The predicted molar refractivity (Wildman–Crippen MR) is 81.3 cm³/mol. The number of nitrogens with one attached hydrogen (secondary N) is 1. The van der Waals surface area contributed by atoms with Crippen molar-refractivity contribution in [2.45, 2.75) is 24.9 Å². The van der Waals surface area contributed by atoms with Gasteiger partial charge < -0.3 is 21.7 Å². The summed E-state index contributed by atoms with van der Waals surface area (Å²) in [5, 5.41) is 21.2. The Balaban J connectivity index is 2.72. The molecule has 0 fully saturated rings. The molecule has 0 aromatic heterocycles. The third-order valence-corrected chi connectivity index (χ3v) is 2.99. The van der Waals surface area contributed by atoms with Crippen molar-refractivity contribution < 1.29 is 19.8 Å². The number of nitrogens with two attached hydrogens (primary N) is 2. The summed E-state index contributed by atoms with van der Waals surface area (Å²) in [7, 11) is 0. The minimum atomic E-state index is -1.14. The van der Waals surface area contributed by atoms with Crippen LogP contribution in [0, 0.1) is 0 Å². The molecule has 0 aliphatic carbocycles. The molecule has 1 rings (SSSR count). The second-order valence-corrected chi connectivity index (χ2v) is 4.69. The quantitative estimate of drug-likeness (QED) is 0.243. The van der Waals surface area contributed by atoms with Gasteiger partial charge in [0.15, 0.2) is 5.96 Å². The van der Waals surface area contributed by atoms with E-state index in [4.69, 9.17) is 11.5 Å². The molecule has 8 heteroatoms. The number of aliphatic carboxylic acids is 2. The molecule has 1 aromatic rings. The number of aliphatic imine (C=N–C) groups is 1.